The third-order valence-corrected chi connectivity index (χ3v) is 14.1. The zero-order valence-electron chi connectivity index (χ0n) is 29.7. The van der Waals surface area contributed by atoms with Crippen LogP contribution in [0, 0.1) is 46.3 Å². The molecule has 1 aromatic carbocycles. The highest BCUT2D eigenvalue weighted by Crippen LogP contribution is 2.67. The van der Waals surface area contributed by atoms with E-state index in [4.69, 9.17) is 13.9 Å². The number of carbonyl (C=O) groups excluding carboxylic acids is 1. The Kier molecular flexibility index (Phi) is 9.15. The molecule has 1 aromatic heterocycles. The van der Waals surface area contributed by atoms with Crippen molar-refractivity contribution in [3.8, 4) is 5.75 Å². The summed E-state index contributed by atoms with van der Waals surface area (Å²) in [6, 6.07) is 5.57. The van der Waals surface area contributed by atoms with Crippen LogP contribution in [0.25, 0.3) is 11.0 Å². The van der Waals surface area contributed by atoms with Crippen LogP contribution in [-0.4, -0.2) is 18.7 Å². The van der Waals surface area contributed by atoms with Gasteiger partial charge in [-0.3, -0.25) is 0 Å². The lowest BCUT2D eigenvalue weighted by atomic mass is 9.47. The first kappa shape index (κ1) is 33.0. The average Bonchev–Trinajstić information content (AvgIpc) is 3.41. The van der Waals surface area contributed by atoms with Crippen molar-refractivity contribution in [1.29, 1.82) is 0 Å². The molecular formula is C42H58O5. The molecule has 2 aromatic rings. The summed E-state index contributed by atoms with van der Waals surface area (Å²) in [6.45, 7) is 12.3. The van der Waals surface area contributed by atoms with Crippen LogP contribution in [0.5, 0.6) is 5.75 Å². The van der Waals surface area contributed by atoms with Crippen LogP contribution in [0.1, 0.15) is 129 Å². The van der Waals surface area contributed by atoms with Crippen LogP contribution in [0.15, 0.2) is 39.1 Å². The van der Waals surface area contributed by atoms with E-state index < -0.39 is 0 Å². The lowest BCUT2D eigenvalue weighted by molar-refractivity contribution is -0.153. The molecule has 0 radical (unpaired) electrons. The molecule has 0 aliphatic heterocycles. The predicted molar refractivity (Wildman–Crippen MR) is 188 cm³/mol. The number of hydrogen-bond acceptors (Lipinski definition) is 5. The second-order valence-corrected chi connectivity index (χ2v) is 17.1. The topological polar surface area (TPSA) is 65.7 Å². The molecule has 0 amide bonds. The largest absolute Gasteiger partial charge is 0.482 e. The lowest BCUT2D eigenvalue weighted by Gasteiger charge is -2.58. The number of benzene rings is 1. The Hall–Kier alpha value is -2.56. The van der Waals surface area contributed by atoms with E-state index >= 15 is 0 Å². The van der Waals surface area contributed by atoms with Crippen molar-refractivity contribution in [2.24, 2.45) is 46.3 Å². The van der Waals surface area contributed by atoms with Crippen LogP contribution >= 0.6 is 0 Å². The second kappa shape index (κ2) is 13.0. The SMILES string of the molecule is CC(C)CCC[C@@H](C)[C@H]1CC[C@H]2[C@H]3CC=C4C[C@@H](OC(=O)COc5ccc6c7c(c(=O)oc6c5)CCCC7)CC[C@]4(C)[C@@H]3CC[C@]12C. The Morgan fingerprint density at radius 1 is 0.979 bits per heavy atom. The van der Waals surface area contributed by atoms with Gasteiger partial charge in [-0.15, -0.1) is 0 Å². The number of allylic oxidation sites excluding steroid dienone is 1. The molecule has 5 aliphatic carbocycles. The van der Waals surface area contributed by atoms with Crippen molar-refractivity contribution in [3.63, 3.8) is 0 Å². The van der Waals surface area contributed by atoms with Gasteiger partial charge in [0.1, 0.15) is 17.4 Å². The number of fused-ring (bicyclic) bond motifs is 8. The Morgan fingerprint density at radius 2 is 1.79 bits per heavy atom. The van der Waals surface area contributed by atoms with Crippen LogP contribution in [0.4, 0.5) is 0 Å². The van der Waals surface area contributed by atoms with Gasteiger partial charge in [0.25, 0.3) is 0 Å². The fourth-order valence-corrected chi connectivity index (χ4v) is 11.6. The molecular weight excluding hydrogens is 584 g/mol. The number of aryl methyl sites for hydroxylation is 1. The lowest BCUT2D eigenvalue weighted by Crippen LogP contribution is -2.51. The molecule has 0 bridgehead atoms. The minimum absolute atomic E-state index is 0.0838. The summed E-state index contributed by atoms with van der Waals surface area (Å²) in [5, 5.41) is 0.976. The van der Waals surface area contributed by atoms with E-state index in [2.05, 4.69) is 40.7 Å². The van der Waals surface area contributed by atoms with Crippen molar-refractivity contribution in [3.05, 3.63) is 51.4 Å². The third kappa shape index (κ3) is 6.12. The monoisotopic (exact) mass is 642 g/mol. The molecule has 5 aliphatic rings. The molecule has 3 fully saturated rings. The molecule has 7 rings (SSSR count). The first-order chi connectivity index (χ1) is 22.6. The minimum atomic E-state index is -0.326. The first-order valence-electron chi connectivity index (χ1n) is 19.2. The van der Waals surface area contributed by atoms with Gasteiger partial charge in [0, 0.05) is 23.4 Å². The molecule has 0 N–H and O–H groups in total. The molecule has 0 saturated heterocycles. The summed E-state index contributed by atoms with van der Waals surface area (Å²) in [6.07, 6.45) is 20.1. The highest BCUT2D eigenvalue weighted by Gasteiger charge is 2.59. The summed E-state index contributed by atoms with van der Waals surface area (Å²) < 4.78 is 17.5. The van der Waals surface area contributed by atoms with Gasteiger partial charge in [0.05, 0.1) is 0 Å². The van der Waals surface area contributed by atoms with E-state index in [-0.39, 0.29) is 29.7 Å². The Morgan fingerprint density at radius 3 is 2.60 bits per heavy atom. The molecule has 0 spiro atoms. The van der Waals surface area contributed by atoms with Gasteiger partial charge >= 0.3 is 11.6 Å². The summed E-state index contributed by atoms with van der Waals surface area (Å²) in [5.74, 6) is 5.15. The van der Waals surface area contributed by atoms with Crippen LogP contribution in [0.2, 0.25) is 0 Å². The van der Waals surface area contributed by atoms with E-state index in [1.165, 1.54) is 56.9 Å². The second-order valence-electron chi connectivity index (χ2n) is 17.1. The summed E-state index contributed by atoms with van der Waals surface area (Å²) >= 11 is 0. The van der Waals surface area contributed by atoms with Gasteiger partial charge in [-0.05, 0) is 135 Å². The standard InChI is InChI=1S/C42H58O5/c1-26(2)9-8-10-27(3)35-17-18-36-34-15-13-28-23-30(19-21-41(28,4)37(34)20-22-42(35,36)5)46-39(43)25-45-29-14-16-32-31-11-6-7-12-33(31)40(44)47-38(32)24-29/h13-14,16,24,26-27,30,34-37H,6-12,15,17-23,25H2,1-5H3/t27-,30+,34-,35-,36+,37-,41+,42-/m1/s1. The fourth-order valence-electron chi connectivity index (χ4n) is 11.6. The normalized spacial score (nSPS) is 33.7. The number of ether oxygens (including phenoxy) is 2. The zero-order valence-corrected chi connectivity index (χ0v) is 29.7. The first-order valence-corrected chi connectivity index (χ1v) is 19.2. The van der Waals surface area contributed by atoms with E-state index in [1.807, 2.05) is 12.1 Å². The van der Waals surface area contributed by atoms with Crippen LogP contribution in [-0.2, 0) is 22.4 Å². The van der Waals surface area contributed by atoms with Crippen LogP contribution < -0.4 is 10.4 Å². The van der Waals surface area contributed by atoms with Gasteiger partial charge in [-0.1, -0.05) is 65.5 Å². The molecule has 47 heavy (non-hydrogen) atoms. The number of hydrogen-bond donors (Lipinski definition) is 0. The van der Waals surface area contributed by atoms with Gasteiger partial charge < -0.3 is 13.9 Å². The summed E-state index contributed by atoms with van der Waals surface area (Å²) in [4.78, 5) is 25.5. The minimum Gasteiger partial charge on any atom is -0.482 e. The molecule has 1 heterocycles. The van der Waals surface area contributed by atoms with Crippen LogP contribution in [0.3, 0.4) is 0 Å². The van der Waals surface area contributed by atoms with Gasteiger partial charge in [0.2, 0.25) is 0 Å². The molecule has 5 nitrogen and oxygen atoms in total. The van der Waals surface area contributed by atoms with Crippen molar-refractivity contribution in [2.45, 2.75) is 137 Å². The Balaban J connectivity index is 0.953. The third-order valence-electron chi connectivity index (χ3n) is 14.1. The highest BCUT2D eigenvalue weighted by atomic mass is 16.6. The molecule has 8 atom stereocenters. The van der Waals surface area contributed by atoms with E-state index in [9.17, 15) is 9.59 Å². The maximum absolute atomic E-state index is 13.0. The average molecular weight is 643 g/mol. The predicted octanol–water partition coefficient (Wildman–Crippen LogP) is 10.0. The van der Waals surface area contributed by atoms with Gasteiger partial charge in [-0.25, -0.2) is 9.59 Å². The maximum atomic E-state index is 13.0. The smallest absolute Gasteiger partial charge is 0.344 e. The number of carbonyl (C=O) groups is 1. The van der Waals surface area contributed by atoms with Crippen molar-refractivity contribution in [1.82, 2.24) is 0 Å². The molecule has 5 heteroatoms. The molecule has 0 unspecified atom stereocenters. The van der Waals surface area contributed by atoms with E-state index in [0.29, 0.717) is 16.7 Å². The summed E-state index contributed by atoms with van der Waals surface area (Å²) in [5.41, 5.74) is 4.49. The van der Waals surface area contributed by atoms with E-state index in [1.54, 1.807) is 6.07 Å². The highest BCUT2D eigenvalue weighted by molar-refractivity contribution is 5.83. The fraction of sp³-hybridized carbons (Fsp3) is 0.714. The summed E-state index contributed by atoms with van der Waals surface area (Å²) in [7, 11) is 0. The Bertz CT molecular complexity index is 1570. The van der Waals surface area contributed by atoms with Gasteiger partial charge in [0.15, 0.2) is 6.61 Å². The number of esters is 1. The zero-order chi connectivity index (χ0) is 32.9. The molecule has 3 saturated carbocycles. The maximum Gasteiger partial charge on any atom is 0.344 e. The molecule has 256 valence electrons. The van der Waals surface area contributed by atoms with Crippen molar-refractivity contribution >= 4 is 16.9 Å². The van der Waals surface area contributed by atoms with E-state index in [0.717, 1.165) is 97.0 Å². The van der Waals surface area contributed by atoms with Gasteiger partial charge in [-0.2, -0.15) is 0 Å². The Labute approximate surface area is 282 Å². The van der Waals surface area contributed by atoms with Crippen molar-refractivity contribution < 1.29 is 18.7 Å². The number of rotatable bonds is 9. The van der Waals surface area contributed by atoms with Crippen molar-refractivity contribution in [2.75, 3.05) is 6.61 Å². The quantitative estimate of drug-likeness (QED) is 0.155.